The molecule has 1 aliphatic heterocycles. The van der Waals surface area contributed by atoms with Gasteiger partial charge in [-0.05, 0) is 23.7 Å². The van der Waals surface area contributed by atoms with Crippen molar-refractivity contribution in [3.8, 4) is 0 Å². The van der Waals surface area contributed by atoms with Crippen LogP contribution in [0, 0.1) is 5.92 Å². The van der Waals surface area contributed by atoms with Crippen LogP contribution in [0.3, 0.4) is 0 Å². The number of nitrogens with zero attached hydrogens (tertiary/aromatic N) is 5. The molecule has 7 heteroatoms. The lowest BCUT2D eigenvalue weighted by molar-refractivity contribution is -0.134. The van der Waals surface area contributed by atoms with Crippen LogP contribution >= 0.6 is 11.6 Å². The van der Waals surface area contributed by atoms with Gasteiger partial charge in [0.25, 0.3) is 0 Å². The molecule has 0 spiro atoms. The van der Waals surface area contributed by atoms with Crippen LogP contribution in [-0.2, 0) is 4.79 Å². The monoisotopic (exact) mass is 307 g/mol. The molecule has 0 radical (unpaired) electrons. The molecular weight excluding hydrogens is 290 g/mol. The highest BCUT2D eigenvalue weighted by atomic mass is 35.5. The molecule has 0 N–H and O–H groups in total. The van der Waals surface area contributed by atoms with E-state index in [9.17, 15) is 4.79 Å². The van der Waals surface area contributed by atoms with Crippen LogP contribution in [0.1, 0.15) is 13.8 Å². The molecule has 0 unspecified atom stereocenters. The first-order valence-corrected chi connectivity index (χ1v) is 7.29. The molecule has 1 aromatic rings. The Kier molecular flexibility index (Phi) is 4.94. The topological polar surface area (TPSA) is 72.3 Å². The summed E-state index contributed by atoms with van der Waals surface area (Å²) >= 11 is 5.94. The van der Waals surface area contributed by atoms with E-state index >= 15 is 0 Å². The highest BCUT2D eigenvalue weighted by Gasteiger charge is 2.23. The third kappa shape index (κ3) is 3.60. The van der Waals surface area contributed by atoms with Crippen molar-refractivity contribution in [1.82, 2.24) is 4.90 Å². The molecule has 0 aromatic heterocycles. The minimum atomic E-state index is 0.0193. The summed E-state index contributed by atoms with van der Waals surface area (Å²) < 4.78 is 0. The average molecular weight is 308 g/mol. The number of rotatable bonds is 3. The van der Waals surface area contributed by atoms with Crippen molar-refractivity contribution in [2.75, 3.05) is 31.1 Å². The summed E-state index contributed by atoms with van der Waals surface area (Å²) in [5.74, 6) is 0.201. The predicted molar refractivity (Wildman–Crippen MR) is 83.9 cm³/mol. The third-order valence-electron chi connectivity index (χ3n) is 3.52. The van der Waals surface area contributed by atoms with Crippen LogP contribution in [0.15, 0.2) is 23.3 Å². The third-order valence-corrected chi connectivity index (χ3v) is 3.75. The van der Waals surface area contributed by atoms with E-state index in [2.05, 4.69) is 14.9 Å². The van der Waals surface area contributed by atoms with Gasteiger partial charge in [-0.25, -0.2) is 0 Å². The van der Waals surface area contributed by atoms with Crippen LogP contribution < -0.4 is 4.90 Å². The normalized spacial score (nSPS) is 15.0. The Labute approximate surface area is 128 Å². The fourth-order valence-electron chi connectivity index (χ4n) is 2.43. The number of carbonyl (C=O) groups is 1. The van der Waals surface area contributed by atoms with Crippen LogP contribution in [0.2, 0.25) is 5.02 Å². The second-order valence-electron chi connectivity index (χ2n) is 5.29. The fourth-order valence-corrected chi connectivity index (χ4v) is 2.59. The summed E-state index contributed by atoms with van der Waals surface area (Å²) in [4.78, 5) is 18.8. The van der Waals surface area contributed by atoms with Crippen LogP contribution in [0.25, 0.3) is 10.4 Å². The number of amides is 1. The maximum Gasteiger partial charge on any atom is 0.225 e. The first kappa shape index (κ1) is 15.5. The number of hydrogen-bond donors (Lipinski definition) is 0. The van der Waals surface area contributed by atoms with Crippen molar-refractivity contribution in [2.24, 2.45) is 11.0 Å². The number of azide groups is 1. The van der Waals surface area contributed by atoms with Crippen molar-refractivity contribution >= 4 is 28.9 Å². The van der Waals surface area contributed by atoms with Gasteiger partial charge in [0.1, 0.15) is 0 Å². The lowest BCUT2D eigenvalue weighted by atomic mass is 10.1. The van der Waals surface area contributed by atoms with Crippen LogP contribution in [0.5, 0.6) is 0 Å². The van der Waals surface area contributed by atoms with E-state index in [4.69, 9.17) is 17.1 Å². The number of piperazine rings is 1. The fraction of sp³-hybridized carbons (Fsp3) is 0.500. The van der Waals surface area contributed by atoms with Crippen molar-refractivity contribution in [3.63, 3.8) is 0 Å². The summed E-state index contributed by atoms with van der Waals surface area (Å²) in [7, 11) is 0. The molecule has 21 heavy (non-hydrogen) atoms. The van der Waals surface area contributed by atoms with E-state index in [-0.39, 0.29) is 11.8 Å². The minimum Gasteiger partial charge on any atom is -0.368 e. The lowest BCUT2D eigenvalue weighted by Crippen LogP contribution is -2.49. The zero-order valence-corrected chi connectivity index (χ0v) is 12.9. The van der Waals surface area contributed by atoms with Crippen LogP contribution in [0.4, 0.5) is 11.4 Å². The molecule has 0 bridgehead atoms. The van der Waals surface area contributed by atoms with Gasteiger partial charge >= 0.3 is 0 Å². The molecule has 1 aliphatic rings. The standard InChI is InChI=1S/C14H18ClN5O/c1-10(2)14(21)20-7-5-19(6-8-20)13-4-3-11(15)9-12(13)17-18-16/h3-4,9-10H,5-8H2,1-2H3. The summed E-state index contributed by atoms with van der Waals surface area (Å²) in [6.07, 6.45) is 0. The zero-order valence-electron chi connectivity index (χ0n) is 12.2. The van der Waals surface area contributed by atoms with E-state index in [0.717, 1.165) is 5.69 Å². The quantitative estimate of drug-likeness (QED) is 0.486. The van der Waals surface area contributed by atoms with Crippen LogP contribution in [-0.4, -0.2) is 37.0 Å². The molecule has 0 aliphatic carbocycles. The molecular formula is C14H18ClN5O. The highest BCUT2D eigenvalue weighted by molar-refractivity contribution is 6.31. The molecule has 1 aromatic carbocycles. The maximum absolute atomic E-state index is 12.0. The second kappa shape index (κ2) is 6.70. The summed E-state index contributed by atoms with van der Waals surface area (Å²) in [6.45, 7) is 6.61. The van der Waals surface area contributed by atoms with E-state index in [1.54, 1.807) is 12.1 Å². The Bertz CT molecular complexity index is 575. The first-order valence-electron chi connectivity index (χ1n) is 6.91. The number of anilines is 1. The smallest absolute Gasteiger partial charge is 0.225 e. The molecule has 2 rings (SSSR count). The van der Waals surface area contributed by atoms with Gasteiger partial charge in [-0.3, -0.25) is 4.79 Å². The van der Waals surface area contributed by atoms with Crippen molar-refractivity contribution in [2.45, 2.75) is 13.8 Å². The first-order chi connectivity index (χ1) is 10.0. The summed E-state index contributed by atoms with van der Waals surface area (Å²) in [5.41, 5.74) is 10.0. The highest BCUT2D eigenvalue weighted by Crippen LogP contribution is 2.32. The van der Waals surface area contributed by atoms with Crippen molar-refractivity contribution in [1.29, 1.82) is 0 Å². The Morgan fingerprint density at radius 2 is 2.00 bits per heavy atom. The average Bonchev–Trinajstić information content (AvgIpc) is 2.47. The maximum atomic E-state index is 12.0. The van der Waals surface area contributed by atoms with Gasteiger partial charge in [-0.15, -0.1) is 0 Å². The predicted octanol–water partition coefficient (Wildman–Crippen LogP) is 3.59. The Morgan fingerprint density at radius 3 is 2.57 bits per heavy atom. The number of halogens is 1. The largest absolute Gasteiger partial charge is 0.368 e. The molecule has 112 valence electrons. The second-order valence-corrected chi connectivity index (χ2v) is 5.73. The number of benzene rings is 1. The number of hydrogen-bond acceptors (Lipinski definition) is 3. The molecule has 1 heterocycles. The van der Waals surface area contributed by atoms with Crippen molar-refractivity contribution in [3.05, 3.63) is 33.7 Å². The minimum absolute atomic E-state index is 0.0193. The lowest BCUT2D eigenvalue weighted by Gasteiger charge is -2.37. The molecule has 1 amide bonds. The van der Waals surface area contributed by atoms with Gasteiger partial charge in [0.2, 0.25) is 5.91 Å². The van der Waals surface area contributed by atoms with Gasteiger partial charge < -0.3 is 9.80 Å². The van der Waals surface area contributed by atoms with E-state index in [1.807, 2.05) is 24.8 Å². The zero-order chi connectivity index (χ0) is 15.4. The van der Waals surface area contributed by atoms with Gasteiger partial charge in [-0.2, -0.15) is 0 Å². The Morgan fingerprint density at radius 1 is 1.33 bits per heavy atom. The van der Waals surface area contributed by atoms with E-state index in [0.29, 0.717) is 36.9 Å². The molecule has 0 saturated carbocycles. The van der Waals surface area contributed by atoms with Gasteiger partial charge in [0.15, 0.2) is 0 Å². The SMILES string of the molecule is CC(C)C(=O)N1CCN(c2ccc(Cl)cc2N=[N+]=[N-])CC1. The van der Waals surface area contributed by atoms with E-state index < -0.39 is 0 Å². The molecule has 6 nitrogen and oxygen atoms in total. The Hall–Kier alpha value is -1.91. The summed E-state index contributed by atoms with van der Waals surface area (Å²) in [6, 6.07) is 5.29. The summed E-state index contributed by atoms with van der Waals surface area (Å²) in [5, 5.41) is 4.24. The molecule has 1 saturated heterocycles. The Balaban J connectivity index is 2.12. The van der Waals surface area contributed by atoms with Gasteiger partial charge in [0, 0.05) is 47.7 Å². The van der Waals surface area contributed by atoms with E-state index in [1.165, 1.54) is 0 Å². The molecule has 1 fully saturated rings. The molecule has 0 atom stereocenters. The van der Waals surface area contributed by atoms with Crippen molar-refractivity contribution < 1.29 is 4.79 Å². The van der Waals surface area contributed by atoms with Gasteiger partial charge in [0.05, 0.1) is 5.69 Å². The van der Waals surface area contributed by atoms with Gasteiger partial charge in [-0.1, -0.05) is 30.6 Å². The number of carbonyl (C=O) groups excluding carboxylic acids is 1.